The summed E-state index contributed by atoms with van der Waals surface area (Å²) >= 11 is 0. The maximum atomic E-state index is 12.4. The Balaban J connectivity index is 2.03. The van der Waals surface area contributed by atoms with E-state index in [1.807, 2.05) is 6.07 Å². The van der Waals surface area contributed by atoms with Crippen LogP contribution in [-0.2, 0) is 16.1 Å². The first kappa shape index (κ1) is 15.8. The average Bonchev–Trinajstić information content (AvgIpc) is 2.97. The standard InChI is InChI=1S/C15H18F3NO2/c16-15(17,18)7-8-19(10-12-4-2-1-3-5-12)14(20)13-6-9-21-11-13/h1-5,13H,6-11H2. The molecule has 3 nitrogen and oxygen atoms in total. The summed E-state index contributed by atoms with van der Waals surface area (Å²) in [6.07, 6.45) is -4.67. The van der Waals surface area contributed by atoms with Crippen LogP contribution >= 0.6 is 0 Å². The van der Waals surface area contributed by atoms with Crippen LogP contribution in [0.4, 0.5) is 13.2 Å². The van der Waals surface area contributed by atoms with Crippen molar-refractivity contribution in [1.29, 1.82) is 0 Å². The lowest BCUT2D eigenvalue weighted by molar-refractivity contribution is -0.148. The van der Waals surface area contributed by atoms with Gasteiger partial charge >= 0.3 is 6.18 Å². The Morgan fingerprint density at radius 2 is 2.00 bits per heavy atom. The quantitative estimate of drug-likeness (QED) is 0.836. The Bertz CT molecular complexity index is 456. The SMILES string of the molecule is O=C(C1CCOC1)N(CCC(F)(F)F)Cc1ccccc1. The van der Waals surface area contributed by atoms with E-state index in [4.69, 9.17) is 4.74 Å². The fourth-order valence-electron chi connectivity index (χ4n) is 2.32. The molecule has 1 saturated heterocycles. The van der Waals surface area contributed by atoms with Crippen LogP contribution in [0.15, 0.2) is 30.3 Å². The summed E-state index contributed by atoms with van der Waals surface area (Å²) in [6.45, 7) is 0.685. The first-order valence-corrected chi connectivity index (χ1v) is 6.93. The maximum Gasteiger partial charge on any atom is 0.390 e. The molecule has 1 aliphatic rings. The average molecular weight is 301 g/mol. The van der Waals surface area contributed by atoms with Gasteiger partial charge in [-0.3, -0.25) is 4.79 Å². The van der Waals surface area contributed by atoms with E-state index in [9.17, 15) is 18.0 Å². The normalized spacial score (nSPS) is 18.7. The van der Waals surface area contributed by atoms with Gasteiger partial charge in [0.1, 0.15) is 0 Å². The number of carbonyl (C=O) groups excluding carboxylic acids is 1. The van der Waals surface area contributed by atoms with Crippen molar-refractivity contribution >= 4 is 5.91 Å². The molecule has 0 spiro atoms. The zero-order chi connectivity index (χ0) is 15.3. The van der Waals surface area contributed by atoms with Gasteiger partial charge in [0, 0.05) is 19.7 Å². The van der Waals surface area contributed by atoms with Crippen molar-refractivity contribution in [2.45, 2.75) is 25.6 Å². The predicted octanol–water partition coefficient (Wildman–Crippen LogP) is 3.00. The van der Waals surface area contributed by atoms with Gasteiger partial charge in [-0.2, -0.15) is 13.2 Å². The largest absolute Gasteiger partial charge is 0.390 e. The highest BCUT2D eigenvalue weighted by Gasteiger charge is 2.32. The number of halogens is 3. The van der Waals surface area contributed by atoms with Gasteiger partial charge in [0.05, 0.1) is 18.9 Å². The predicted molar refractivity (Wildman–Crippen MR) is 71.5 cm³/mol. The van der Waals surface area contributed by atoms with E-state index in [1.165, 1.54) is 4.90 Å². The van der Waals surface area contributed by atoms with Gasteiger partial charge in [0.2, 0.25) is 5.91 Å². The molecule has 0 aromatic heterocycles. The molecule has 1 aromatic rings. The molecule has 1 aliphatic heterocycles. The molecule has 1 heterocycles. The van der Waals surface area contributed by atoms with E-state index < -0.39 is 12.6 Å². The summed E-state index contributed by atoms with van der Waals surface area (Å²) in [5.74, 6) is -0.567. The number of nitrogens with zero attached hydrogens (tertiary/aromatic N) is 1. The van der Waals surface area contributed by atoms with Gasteiger partial charge in [-0.15, -0.1) is 0 Å². The van der Waals surface area contributed by atoms with Gasteiger partial charge in [-0.1, -0.05) is 30.3 Å². The molecular formula is C15H18F3NO2. The van der Waals surface area contributed by atoms with Gasteiger partial charge in [0.15, 0.2) is 0 Å². The number of rotatable bonds is 5. The van der Waals surface area contributed by atoms with Crippen LogP contribution in [0.3, 0.4) is 0 Å². The third kappa shape index (κ3) is 5.04. The molecular weight excluding hydrogens is 283 g/mol. The third-order valence-corrected chi connectivity index (χ3v) is 3.47. The number of alkyl halides is 3. The van der Waals surface area contributed by atoms with Crippen LogP contribution in [0.2, 0.25) is 0 Å². The summed E-state index contributed by atoms with van der Waals surface area (Å²) in [4.78, 5) is 13.6. The Labute approximate surface area is 121 Å². The van der Waals surface area contributed by atoms with Crippen molar-refractivity contribution in [2.75, 3.05) is 19.8 Å². The summed E-state index contributed by atoms with van der Waals surface area (Å²) in [5, 5.41) is 0. The van der Waals surface area contributed by atoms with Crippen LogP contribution in [0.1, 0.15) is 18.4 Å². The molecule has 1 atom stereocenters. The highest BCUT2D eigenvalue weighted by atomic mass is 19.4. The number of carbonyl (C=O) groups is 1. The molecule has 0 saturated carbocycles. The maximum absolute atomic E-state index is 12.4. The summed E-state index contributed by atoms with van der Waals surface area (Å²) in [7, 11) is 0. The zero-order valence-corrected chi connectivity index (χ0v) is 11.6. The summed E-state index contributed by atoms with van der Waals surface area (Å²) < 4.78 is 42.5. The molecule has 0 bridgehead atoms. The van der Waals surface area contributed by atoms with Crippen molar-refractivity contribution in [1.82, 2.24) is 4.90 Å². The number of amides is 1. The van der Waals surface area contributed by atoms with Crippen LogP contribution in [-0.4, -0.2) is 36.7 Å². The Morgan fingerprint density at radius 3 is 2.57 bits per heavy atom. The molecule has 1 aromatic carbocycles. The minimum Gasteiger partial charge on any atom is -0.381 e. The summed E-state index contributed by atoms with van der Waals surface area (Å²) in [6, 6.07) is 9.05. The Hall–Kier alpha value is -1.56. The second kappa shape index (κ2) is 6.93. The fourth-order valence-corrected chi connectivity index (χ4v) is 2.32. The lowest BCUT2D eigenvalue weighted by Crippen LogP contribution is -2.38. The number of ether oxygens (including phenoxy) is 1. The van der Waals surface area contributed by atoms with Crippen LogP contribution in [0, 0.1) is 5.92 Å². The first-order chi connectivity index (χ1) is 9.96. The molecule has 116 valence electrons. The van der Waals surface area contributed by atoms with E-state index in [0.717, 1.165) is 5.56 Å². The number of hydrogen-bond donors (Lipinski definition) is 0. The smallest absolute Gasteiger partial charge is 0.381 e. The van der Waals surface area contributed by atoms with Crippen LogP contribution in [0.5, 0.6) is 0 Å². The van der Waals surface area contributed by atoms with Crippen molar-refractivity contribution in [2.24, 2.45) is 5.92 Å². The van der Waals surface area contributed by atoms with E-state index in [2.05, 4.69) is 0 Å². The van der Waals surface area contributed by atoms with Crippen molar-refractivity contribution in [3.8, 4) is 0 Å². The minimum absolute atomic E-state index is 0.201. The molecule has 1 unspecified atom stereocenters. The molecule has 1 fully saturated rings. The highest BCUT2D eigenvalue weighted by Crippen LogP contribution is 2.23. The first-order valence-electron chi connectivity index (χ1n) is 6.93. The van der Waals surface area contributed by atoms with Gasteiger partial charge in [0.25, 0.3) is 0 Å². The molecule has 0 N–H and O–H groups in total. The van der Waals surface area contributed by atoms with Crippen molar-refractivity contribution in [3.63, 3.8) is 0 Å². The zero-order valence-electron chi connectivity index (χ0n) is 11.6. The van der Waals surface area contributed by atoms with E-state index in [1.54, 1.807) is 24.3 Å². The lowest BCUT2D eigenvalue weighted by atomic mass is 10.1. The Morgan fingerprint density at radius 1 is 1.29 bits per heavy atom. The second-order valence-corrected chi connectivity index (χ2v) is 5.17. The highest BCUT2D eigenvalue weighted by molar-refractivity contribution is 5.79. The van der Waals surface area contributed by atoms with Crippen LogP contribution < -0.4 is 0 Å². The monoisotopic (exact) mass is 301 g/mol. The van der Waals surface area contributed by atoms with Crippen molar-refractivity contribution < 1.29 is 22.7 Å². The topological polar surface area (TPSA) is 29.5 Å². The molecule has 6 heteroatoms. The van der Waals surface area contributed by atoms with E-state index in [-0.39, 0.29) is 24.9 Å². The molecule has 0 radical (unpaired) electrons. The van der Waals surface area contributed by atoms with Gasteiger partial charge < -0.3 is 9.64 Å². The van der Waals surface area contributed by atoms with Gasteiger partial charge in [-0.25, -0.2) is 0 Å². The second-order valence-electron chi connectivity index (χ2n) is 5.17. The molecule has 2 rings (SSSR count). The van der Waals surface area contributed by atoms with Crippen molar-refractivity contribution in [3.05, 3.63) is 35.9 Å². The fraction of sp³-hybridized carbons (Fsp3) is 0.533. The summed E-state index contributed by atoms with van der Waals surface area (Å²) in [5.41, 5.74) is 0.826. The van der Waals surface area contributed by atoms with E-state index in [0.29, 0.717) is 19.6 Å². The number of hydrogen-bond acceptors (Lipinski definition) is 2. The molecule has 1 amide bonds. The number of benzene rings is 1. The Kier molecular flexibility index (Phi) is 5.22. The minimum atomic E-state index is -4.26. The van der Waals surface area contributed by atoms with Crippen LogP contribution in [0.25, 0.3) is 0 Å². The molecule has 21 heavy (non-hydrogen) atoms. The molecule has 0 aliphatic carbocycles. The third-order valence-electron chi connectivity index (χ3n) is 3.47. The van der Waals surface area contributed by atoms with Gasteiger partial charge in [-0.05, 0) is 12.0 Å². The van der Waals surface area contributed by atoms with E-state index >= 15 is 0 Å². The lowest BCUT2D eigenvalue weighted by Gasteiger charge is -2.26.